The van der Waals surface area contributed by atoms with Crippen molar-refractivity contribution < 1.29 is 13.9 Å². The maximum absolute atomic E-state index is 13.8. The number of benzene rings is 1. The van der Waals surface area contributed by atoms with E-state index in [0.29, 0.717) is 11.3 Å². The Morgan fingerprint density at radius 3 is 2.75 bits per heavy atom. The number of ether oxygens (including phenoxy) is 1. The zero-order chi connectivity index (χ0) is 14.7. The predicted molar refractivity (Wildman–Crippen MR) is 78.8 cm³/mol. The van der Waals surface area contributed by atoms with E-state index in [0.717, 1.165) is 4.88 Å². The highest BCUT2D eigenvalue weighted by Gasteiger charge is 2.14. The molecular formula is C15H16FNO2S. The van der Waals surface area contributed by atoms with Gasteiger partial charge in [0.25, 0.3) is 0 Å². The third kappa shape index (κ3) is 2.99. The van der Waals surface area contributed by atoms with Crippen molar-refractivity contribution in [3.8, 4) is 0 Å². The van der Waals surface area contributed by atoms with Crippen molar-refractivity contribution in [2.24, 2.45) is 0 Å². The van der Waals surface area contributed by atoms with Gasteiger partial charge < -0.3 is 10.1 Å². The molecule has 0 saturated heterocycles. The van der Waals surface area contributed by atoms with Crippen LogP contribution in [-0.2, 0) is 4.74 Å². The van der Waals surface area contributed by atoms with Crippen LogP contribution in [0.15, 0.2) is 29.6 Å². The van der Waals surface area contributed by atoms with Crippen LogP contribution in [0, 0.1) is 12.7 Å². The van der Waals surface area contributed by atoms with Crippen LogP contribution in [0.3, 0.4) is 0 Å². The first-order chi connectivity index (χ1) is 9.52. The van der Waals surface area contributed by atoms with Gasteiger partial charge in [0.2, 0.25) is 0 Å². The van der Waals surface area contributed by atoms with Crippen molar-refractivity contribution >= 4 is 23.0 Å². The monoisotopic (exact) mass is 293 g/mol. The molecule has 0 radical (unpaired) electrons. The largest absolute Gasteiger partial charge is 0.465 e. The molecule has 20 heavy (non-hydrogen) atoms. The molecule has 1 atom stereocenters. The third-order valence-corrected chi connectivity index (χ3v) is 4.26. The van der Waals surface area contributed by atoms with Crippen LogP contribution in [0.5, 0.6) is 0 Å². The molecule has 1 N–H and O–H groups in total. The van der Waals surface area contributed by atoms with E-state index in [4.69, 9.17) is 0 Å². The van der Waals surface area contributed by atoms with Gasteiger partial charge in [-0.15, -0.1) is 11.3 Å². The summed E-state index contributed by atoms with van der Waals surface area (Å²) < 4.78 is 18.5. The molecule has 0 spiro atoms. The molecule has 2 rings (SSSR count). The lowest BCUT2D eigenvalue weighted by atomic mass is 10.1. The smallest absolute Gasteiger partial charge is 0.337 e. The van der Waals surface area contributed by atoms with E-state index in [1.165, 1.54) is 30.9 Å². The quantitative estimate of drug-likeness (QED) is 0.860. The lowest BCUT2D eigenvalue weighted by Crippen LogP contribution is -2.09. The Morgan fingerprint density at radius 1 is 1.40 bits per heavy atom. The number of rotatable bonds is 4. The second kappa shape index (κ2) is 6.05. The molecule has 0 bridgehead atoms. The molecule has 1 unspecified atom stereocenters. The van der Waals surface area contributed by atoms with Crippen molar-refractivity contribution in [2.75, 3.05) is 12.4 Å². The highest BCUT2D eigenvalue weighted by atomic mass is 32.1. The Kier molecular flexibility index (Phi) is 4.39. The third-order valence-electron chi connectivity index (χ3n) is 3.05. The summed E-state index contributed by atoms with van der Waals surface area (Å²) in [5.74, 6) is -0.869. The van der Waals surface area contributed by atoms with Gasteiger partial charge in [0.1, 0.15) is 5.82 Å². The molecule has 0 amide bonds. The van der Waals surface area contributed by atoms with Crippen LogP contribution in [0.25, 0.3) is 0 Å². The van der Waals surface area contributed by atoms with Crippen LogP contribution in [-0.4, -0.2) is 13.1 Å². The average molecular weight is 293 g/mol. The highest BCUT2D eigenvalue weighted by Crippen LogP contribution is 2.28. The molecule has 1 heterocycles. The van der Waals surface area contributed by atoms with E-state index in [-0.39, 0.29) is 6.04 Å². The molecule has 0 saturated carbocycles. The number of carbonyl (C=O) groups is 1. The van der Waals surface area contributed by atoms with Gasteiger partial charge in [0.05, 0.1) is 24.4 Å². The minimum Gasteiger partial charge on any atom is -0.465 e. The summed E-state index contributed by atoms with van der Waals surface area (Å²) in [5, 5.41) is 5.10. The Balaban J connectivity index is 2.24. The normalized spacial score (nSPS) is 12.0. The molecule has 0 fully saturated rings. The number of hydrogen-bond acceptors (Lipinski definition) is 4. The zero-order valence-electron chi connectivity index (χ0n) is 11.6. The number of aryl methyl sites for hydroxylation is 1. The zero-order valence-corrected chi connectivity index (χ0v) is 12.4. The highest BCUT2D eigenvalue weighted by molar-refractivity contribution is 7.10. The van der Waals surface area contributed by atoms with E-state index in [9.17, 15) is 9.18 Å². The number of nitrogens with one attached hydrogen (secondary N) is 1. The topological polar surface area (TPSA) is 38.3 Å². The first-order valence-corrected chi connectivity index (χ1v) is 7.09. The van der Waals surface area contributed by atoms with Gasteiger partial charge in [-0.05, 0) is 49.1 Å². The van der Waals surface area contributed by atoms with Crippen LogP contribution >= 0.6 is 11.3 Å². The fourth-order valence-corrected chi connectivity index (χ4v) is 2.94. The summed E-state index contributed by atoms with van der Waals surface area (Å²) >= 11 is 1.62. The number of esters is 1. The van der Waals surface area contributed by atoms with Gasteiger partial charge in [-0.2, -0.15) is 0 Å². The van der Waals surface area contributed by atoms with E-state index >= 15 is 0 Å². The summed E-state index contributed by atoms with van der Waals surface area (Å²) in [7, 11) is 1.30. The van der Waals surface area contributed by atoms with Gasteiger partial charge in [0.15, 0.2) is 0 Å². The Labute approximate surface area is 121 Å². The minimum absolute atomic E-state index is 0.0302. The van der Waals surface area contributed by atoms with Gasteiger partial charge in [0, 0.05) is 4.88 Å². The Bertz CT molecular complexity index is 624. The SMILES string of the molecule is COC(=O)c1ccc(F)c(NC(C)c2sccc2C)c1. The number of carbonyl (C=O) groups excluding carboxylic acids is 1. The van der Waals surface area contributed by atoms with Gasteiger partial charge in [-0.25, -0.2) is 9.18 Å². The first-order valence-electron chi connectivity index (χ1n) is 6.21. The summed E-state index contributed by atoms with van der Waals surface area (Å²) in [6, 6.07) is 6.15. The van der Waals surface area contributed by atoms with E-state index in [1.54, 1.807) is 11.3 Å². The van der Waals surface area contributed by atoms with Crippen LogP contribution in [0.2, 0.25) is 0 Å². The van der Waals surface area contributed by atoms with Crippen LogP contribution in [0.1, 0.15) is 33.8 Å². The fourth-order valence-electron chi connectivity index (χ4n) is 2.01. The average Bonchev–Trinajstić information content (AvgIpc) is 2.86. The maximum atomic E-state index is 13.8. The molecule has 0 aliphatic heterocycles. The fraction of sp³-hybridized carbons (Fsp3) is 0.267. The lowest BCUT2D eigenvalue weighted by molar-refractivity contribution is 0.0600. The summed E-state index contributed by atoms with van der Waals surface area (Å²) in [4.78, 5) is 12.6. The van der Waals surface area contributed by atoms with Crippen LogP contribution in [0.4, 0.5) is 10.1 Å². The predicted octanol–water partition coefficient (Wildman–Crippen LogP) is 4.16. The second-order valence-electron chi connectivity index (χ2n) is 4.52. The number of thiophene rings is 1. The van der Waals surface area contributed by atoms with E-state index < -0.39 is 11.8 Å². The van der Waals surface area contributed by atoms with Gasteiger partial charge in [-0.1, -0.05) is 0 Å². The molecule has 0 aliphatic carbocycles. The molecule has 5 heteroatoms. The molecule has 1 aromatic heterocycles. The molecule has 0 aliphatic rings. The number of halogens is 1. The first kappa shape index (κ1) is 14.5. The van der Waals surface area contributed by atoms with Gasteiger partial charge in [-0.3, -0.25) is 0 Å². The Morgan fingerprint density at radius 2 is 2.15 bits per heavy atom. The van der Waals surface area contributed by atoms with Gasteiger partial charge >= 0.3 is 5.97 Å². The molecular weight excluding hydrogens is 277 g/mol. The number of methoxy groups -OCH3 is 1. The second-order valence-corrected chi connectivity index (χ2v) is 5.47. The van der Waals surface area contributed by atoms with Crippen molar-refractivity contribution in [2.45, 2.75) is 19.9 Å². The summed E-state index contributed by atoms with van der Waals surface area (Å²) in [5.41, 5.74) is 1.79. The molecule has 106 valence electrons. The molecule has 2 aromatic rings. The lowest BCUT2D eigenvalue weighted by Gasteiger charge is -2.16. The van der Waals surface area contributed by atoms with Crippen molar-refractivity contribution in [1.29, 1.82) is 0 Å². The van der Waals surface area contributed by atoms with E-state index in [1.807, 2.05) is 25.3 Å². The molecule has 3 nitrogen and oxygen atoms in total. The number of hydrogen-bond donors (Lipinski definition) is 1. The standard InChI is InChI=1S/C15H16FNO2S/c1-9-6-7-20-14(9)10(2)17-13-8-11(15(18)19-3)4-5-12(13)16/h4-8,10,17H,1-3H3. The molecule has 1 aromatic carbocycles. The van der Waals surface area contributed by atoms with Crippen molar-refractivity contribution in [1.82, 2.24) is 0 Å². The van der Waals surface area contributed by atoms with Crippen molar-refractivity contribution in [3.05, 3.63) is 51.5 Å². The minimum atomic E-state index is -0.479. The van der Waals surface area contributed by atoms with Crippen LogP contribution < -0.4 is 5.32 Å². The number of anilines is 1. The van der Waals surface area contributed by atoms with Crippen molar-refractivity contribution in [3.63, 3.8) is 0 Å². The Hall–Kier alpha value is -1.88. The maximum Gasteiger partial charge on any atom is 0.337 e. The van der Waals surface area contributed by atoms with E-state index in [2.05, 4.69) is 10.1 Å². The summed E-state index contributed by atoms with van der Waals surface area (Å²) in [6.45, 7) is 3.98. The summed E-state index contributed by atoms with van der Waals surface area (Å²) in [6.07, 6.45) is 0.